The maximum Gasteiger partial charge on any atom is 0.237 e. The van der Waals surface area contributed by atoms with E-state index in [1.54, 1.807) is 54.0 Å². The van der Waals surface area contributed by atoms with Gasteiger partial charge in [-0.25, -0.2) is 4.39 Å². The van der Waals surface area contributed by atoms with Gasteiger partial charge in [-0.1, -0.05) is 30.0 Å². The molecule has 1 aromatic heterocycles. The number of thioether (sulfide) groups is 1. The molecule has 1 aliphatic heterocycles. The van der Waals surface area contributed by atoms with E-state index >= 15 is 0 Å². The Kier molecular flexibility index (Phi) is 5.71. The van der Waals surface area contributed by atoms with Gasteiger partial charge in [0.05, 0.1) is 10.8 Å². The minimum atomic E-state index is -0.475. The van der Waals surface area contributed by atoms with E-state index in [0.29, 0.717) is 40.3 Å². The summed E-state index contributed by atoms with van der Waals surface area (Å²) in [6, 6.07) is 11.6. The monoisotopic (exact) mass is 426 g/mol. The summed E-state index contributed by atoms with van der Waals surface area (Å²) in [5.41, 5.74) is 0.951. The van der Waals surface area contributed by atoms with Crippen LogP contribution >= 0.6 is 11.8 Å². The van der Waals surface area contributed by atoms with Gasteiger partial charge in [-0.15, -0.1) is 16.8 Å². The Bertz CT molecular complexity index is 1100. The van der Waals surface area contributed by atoms with Crippen LogP contribution in [-0.2, 0) is 11.3 Å². The lowest BCUT2D eigenvalue weighted by atomic mass is 10.2. The molecule has 0 unspecified atom stereocenters. The smallest absolute Gasteiger partial charge is 0.237 e. The van der Waals surface area contributed by atoms with Gasteiger partial charge < -0.3 is 14.8 Å². The Morgan fingerprint density at radius 1 is 1.30 bits per heavy atom. The summed E-state index contributed by atoms with van der Waals surface area (Å²) in [5.74, 6) is 1.03. The Balaban J connectivity index is 1.51. The van der Waals surface area contributed by atoms with E-state index in [0.717, 1.165) is 0 Å². The highest BCUT2D eigenvalue weighted by atomic mass is 32.2. The first-order valence-electron chi connectivity index (χ1n) is 9.23. The number of rotatable bonds is 7. The van der Waals surface area contributed by atoms with Crippen molar-refractivity contribution in [3.8, 4) is 22.9 Å². The molecule has 1 amide bonds. The average Bonchev–Trinajstić information content (AvgIpc) is 3.35. The average molecular weight is 426 g/mol. The number of ether oxygens (including phenoxy) is 2. The third-order valence-electron chi connectivity index (χ3n) is 4.43. The predicted molar refractivity (Wildman–Crippen MR) is 112 cm³/mol. The fourth-order valence-corrected chi connectivity index (χ4v) is 3.80. The Labute approximate surface area is 176 Å². The lowest BCUT2D eigenvalue weighted by molar-refractivity contribution is -0.115. The molecule has 0 radical (unpaired) electrons. The van der Waals surface area contributed by atoms with E-state index in [-0.39, 0.29) is 18.5 Å². The van der Waals surface area contributed by atoms with Gasteiger partial charge >= 0.3 is 0 Å². The van der Waals surface area contributed by atoms with E-state index in [1.807, 2.05) is 0 Å². The van der Waals surface area contributed by atoms with Crippen molar-refractivity contribution in [3.05, 3.63) is 60.9 Å². The van der Waals surface area contributed by atoms with Crippen molar-refractivity contribution in [3.63, 3.8) is 0 Å². The molecule has 1 atom stereocenters. The first-order chi connectivity index (χ1) is 14.6. The Morgan fingerprint density at radius 3 is 2.90 bits per heavy atom. The molecule has 9 heteroatoms. The number of aromatic nitrogens is 3. The molecule has 1 aliphatic rings. The SMILES string of the molecule is C=CCn1c(S[C@H](C)C(=O)Nc2ccc3c(c2)OCO3)nnc1-c1ccccc1F. The number of hydrogen-bond donors (Lipinski definition) is 1. The highest BCUT2D eigenvalue weighted by molar-refractivity contribution is 8.00. The van der Waals surface area contributed by atoms with E-state index < -0.39 is 5.25 Å². The number of carbonyl (C=O) groups is 1. The summed E-state index contributed by atoms with van der Waals surface area (Å²) in [5, 5.41) is 11.2. The Hall–Kier alpha value is -3.33. The lowest BCUT2D eigenvalue weighted by Gasteiger charge is -2.13. The minimum absolute atomic E-state index is 0.169. The number of halogens is 1. The number of hydrogen-bond acceptors (Lipinski definition) is 6. The second kappa shape index (κ2) is 8.58. The molecule has 0 fully saturated rings. The van der Waals surface area contributed by atoms with Crippen molar-refractivity contribution in [2.75, 3.05) is 12.1 Å². The van der Waals surface area contributed by atoms with Crippen molar-refractivity contribution in [1.29, 1.82) is 0 Å². The second-order valence-corrected chi connectivity index (χ2v) is 7.81. The van der Waals surface area contributed by atoms with Crippen molar-refractivity contribution in [1.82, 2.24) is 14.8 Å². The largest absolute Gasteiger partial charge is 0.454 e. The van der Waals surface area contributed by atoms with Crippen molar-refractivity contribution in [2.24, 2.45) is 0 Å². The second-order valence-electron chi connectivity index (χ2n) is 6.50. The zero-order chi connectivity index (χ0) is 21.1. The van der Waals surface area contributed by atoms with E-state index in [2.05, 4.69) is 22.1 Å². The van der Waals surface area contributed by atoms with Crippen LogP contribution in [-0.4, -0.2) is 32.7 Å². The molecule has 2 heterocycles. The third-order valence-corrected chi connectivity index (χ3v) is 5.52. The van der Waals surface area contributed by atoms with E-state index in [4.69, 9.17) is 9.47 Å². The van der Waals surface area contributed by atoms with Crippen LogP contribution in [0.4, 0.5) is 10.1 Å². The zero-order valence-electron chi connectivity index (χ0n) is 16.2. The Morgan fingerprint density at radius 2 is 2.10 bits per heavy atom. The standard InChI is InChI=1S/C21H19FN4O3S/c1-3-10-26-19(15-6-4-5-7-16(15)22)24-25-21(26)30-13(2)20(27)23-14-8-9-17-18(11-14)29-12-28-17/h3-9,11,13H,1,10,12H2,2H3,(H,23,27)/t13-/m1/s1. The summed E-state index contributed by atoms with van der Waals surface area (Å²) >= 11 is 1.24. The zero-order valence-corrected chi connectivity index (χ0v) is 17.0. The number of amides is 1. The van der Waals surface area contributed by atoms with Crippen molar-refractivity contribution in [2.45, 2.75) is 23.9 Å². The van der Waals surface area contributed by atoms with Gasteiger partial charge in [0.2, 0.25) is 12.7 Å². The van der Waals surface area contributed by atoms with Gasteiger partial charge in [0, 0.05) is 18.3 Å². The lowest BCUT2D eigenvalue weighted by Crippen LogP contribution is -2.23. The minimum Gasteiger partial charge on any atom is -0.454 e. The maximum atomic E-state index is 14.2. The van der Waals surface area contributed by atoms with Crippen molar-refractivity contribution < 1.29 is 18.7 Å². The van der Waals surface area contributed by atoms with Crippen LogP contribution < -0.4 is 14.8 Å². The molecule has 0 saturated carbocycles. The topological polar surface area (TPSA) is 78.3 Å². The van der Waals surface area contributed by atoms with Gasteiger partial charge in [0.15, 0.2) is 22.5 Å². The van der Waals surface area contributed by atoms with Gasteiger partial charge in [0.25, 0.3) is 0 Å². The van der Waals surface area contributed by atoms with E-state index in [9.17, 15) is 9.18 Å². The molecule has 0 spiro atoms. The maximum absolute atomic E-state index is 14.2. The van der Waals surface area contributed by atoms with E-state index in [1.165, 1.54) is 17.8 Å². The third kappa shape index (κ3) is 4.02. The molecule has 0 saturated heterocycles. The molecular formula is C21H19FN4O3S. The molecule has 2 aromatic carbocycles. The summed E-state index contributed by atoms with van der Waals surface area (Å²) in [6.07, 6.45) is 1.68. The number of carbonyl (C=O) groups excluding carboxylic acids is 1. The fraction of sp³-hybridized carbons (Fsp3) is 0.190. The van der Waals surface area contributed by atoms with Crippen LogP contribution in [0.1, 0.15) is 6.92 Å². The first-order valence-corrected chi connectivity index (χ1v) is 10.1. The highest BCUT2D eigenvalue weighted by Gasteiger charge is 2.22. The summed E-state index contributed by atoms with van der Waals surface area (Å²) < 4.78 is 26.6. The van der Waals surface area contributed by atoms with Crippen LogP contribution in [0.2, 0.25) is 0 Å². The van der Waals surface area contributed by atoms with Gasteiger partial charge in [-0.3, -0.25) is 9.36 Å². The number of allylic oxidation sites excluding steroid dienone is 1. The van der Waals surface area contributed by atoms with Crippen LogP contribution in [0, 0.1) is 5.82 Å². The number of nitrogens with zero attached hydrogens (tertiary/aromatic N) is 3. The first kappa shape index (κ1) is 20.0. The summed E-state index contributed by atoms with van der Waals surface area (Å²) in [6.45, 7) is 6.07. The molecule has 4 rings (SSSR count). The molecule has 154 valence electrons. The van der Waals surface area contributed by atoms with Gasteiger partial charge in [0.1, 0.15) is 5.82 Å². The summed E-state index contributed by atoms with van der Waals surface area (Å²) in [4.78, 5) is 12.7. The molecule has 1 N–H and O–H groups in total. The number of fused-ring (bicyclic) bond motifs is 1. The predicted octanol–water partition coefficient (Wildman–Crippen LogP) is 4.12. The van der Waals surface area contributed by atoms with Gasteiger partial charge in [-0.05, 0) is 31.2 Å². The quantitative estimate of drug-likeness (QED) is 0.452. The molecule has 0 bridgehead atoms. The molecule has 30 heavy (non-hydrogen) atoms. The number of nitrogens with one attached hydrogen (secondary N) is 1. The number of benzene rings is 2. The number of anilines is 1. The van der Waals surface area contributed by atoms with Crippen LogP contribution in [0.3, 0.4) is 0 Å². The molecule has 0 aliphatic carbocycles. The highest BCUT2D eigenvalue weighted by Crippen LogP contribution is 2.34. The fourth-order valence-electron chi connectivity index (χ4n) is 2.94. The molecular weight excluding hydrogens is 407 g/mol. The molecule has 7 nitrogen and oxygen atoms in total. The van der Waals surface area contributed by atoms with Gasteiger partial charge in [-0.2, -0.15) is 0 Å². The van der Waals surface area contributed by atoms with Crippen LogP contribution in [0.15, 0.2) is 60.3 Å². The summed E-state index contributed by atoms with van der Waals surface area (Å²) in [7, 11) is 0. The molecule has 3 aromatic rings. The van der Waals surface area contributed by atoms with Crippen molar-refractivity contribution >= 4 is 23.4 Å². The van der Waals surface area contributed by atoms with Crippen LogP contribution in [0.5, 0.6) is 11.5 Å². The van der Waals surface area contributed by atoms with Crippen LogP contribution in [0.25, 0.3) is 11.4 Å². The normalized spacial score (nSPS) is 13.1.